The fourth-order valence-electron chi connectivity index (χ4n) is 2.89. The Morgan fingerprint density at radius 2 is 1.95 bits per heavy atom. The molecule has 1 N–H and O–H groups in total. The van der Waals surface area contributed by atoms with Crippen molar-refractivity contribution in [3.63, 3.8) is 0 Å². The van der Waals surface area contributed by atoms with E-state index in [0.717, 1.165) is 35.5 Å². The van der Waals surface area contributed by atoms with Gasteiger partial charge in [0.25, 0.3) is 0 Å². The first-order valence-corrected chi connectivity index (χ1v) is 6.75. The number of nitrogens with zero attached hydrogens (tertiary/aromatic N) is 1. The zero-order chi connectivity index (χ0) is 14.1. The Kier molecular flexibility index (Phi) is 3.09. The first-order valence-electron chi connectivity index (χ1n) is 6.75. The number of hydrogen-bond donors (Lipinski definition) is 1. The maximum absolute atomic E-state index is 9.88. The molecule has 1 aromatic carbocycles. The van der Waals surface area contributed by atoms with E-state index in [9.17, 15) is 5.11 Å². The van der Waals surface area contributed by atoms with Crippen molar-refractivity contribution in [2.24, 2.45) is 0 Å². The molecule has 0 amide bonds. The van der Waals surface area contributed by atoms with E-state index in [1.807, 2.05) is 18.2 Å². The van der Waals surface area contributed by atoms with Gasteiger partial charge in [0.2, 0.25) is 0 Å². The number of benzene rings is 1. The van der Waals surface area contributed by atoms with Crippen LogP contribution in [0.4, 0.5) is 0 Å². The Morgan fingerprint density at radius 3 is 2.65 bits per heavy atom. The lowest BCUT2D eigenvalue weighted by Gasteiger charge is -2.09. The van der Waals surface area contributed by atoms with Gasteiger partial charge in [0.15, 0.2) is 0 Å². The van der Waals surface area contributed by atoms with Crippen LogP contribution in [0.3, 0.4) is 0 Å². The third-order valence-corrected chi connectivity index (χ3v) is 3.96. The van der Waals surface area contributed by atoms with Crippen molar-refractivity contribution >= 4 is 5.57 Å². The Bertz CT molecular complexity index is 702. The van der Waals surface area contributed by atoms with Crippen LogP contribution >= 0.6 is 0 Å². The number of rotatable bonds is 3. The molecule has 2 nitrogen and oxygen atoms in total. The summed E-state index contributed by atoms with van der Waals surface area (Å²) in [5.74, 6) is 0.253. The number of aromatic nitrogens is 1. The summed E-state index contributed by atoms with van der Waals surface area (Å²) >= 11 is 0. The molecule has 2 heteroatoms. The molecule has 0 bridgehead atoms. The summed E-state index contributed by atoms with van der Waals surface area (Å²) in [4.78, 5) is 0. The highest BCUT2D eigenvalue weighted by Crippen LogP contribution is 2.37. The summed E-state index contributed by atoms with van der Waals surface area (Å²) in [5, 5.41) is 9.88. The largest absolute Gasteiger partial charge is 0.504 e. The number of hydrogen-bond acceptors (Lipinski definition) is 1. The maximum Gasteiger partial charge on any atom is 0.143 e. The molecule has 0 fully saturated rings. The van der Waals surface area contributed by atoms with Gasteiger partial charge in [-0.15, -0.1) is 0 Å². The summed E-state index contributed by atoms with van der Waals surface area (Å²) in [6, 6.07) is 14.3. The molecule has 0 spiro atoms. The van der Waals surface area contributed by atoms with Crippen LogP contribution in [0.5, 0.6) is 0 Å². The molecule has 20 heavy (non-hydrogen) atoms. The maximum atomic E-state index is 9.88. The smallest absolute Gasteiger partial charge is 0.143 e. The predicted octanol–water partition coefficient (Wildman–Crippen LogP) is 4.26. The van der Waals surface area contributed by atoms with E-state index < -0.39 is 0 Å². The summed E-state index contributed by atoms with van der Waals surface area (Å²) < 4.78 is 2.23. The third-order valence-electron chi connectivity index (χ3n) is 3.96. The molecular formula is C18H17NO. The average molecular weight is 263 g/mol. The SMILES string of the molecule is C=C=C(O)C1CCn2c(C(=C)c3ccccc3)ccc21. The molecule has 2 heterocycles. The molecule has 0 radical (unpaired) electrons. The molecule has 1 atom stereocenters. The van der Waals surface area contributed by atoms with Crippen LogP contribution in [-0.2, 0) is 6.54 Å². The zero-order valence-electron chi connectivity index (χ0n) is 11.3. The lowest BCUT2D eigenvalue weighted by atomic mass is 10.0. The van der Waals surface area contributed by atoms with Gasteiger partial charge in [-0.05, 0) is 29.7 Å². The molecule has 1 aromatic heterocycles. The normalized spacial score (nSPS) is 16.5. The highest BCUT2D eigenvalue weighted by Gasteiger charge is 2.28. The van der Waals surface area contributed by atoms with Gasteiger partial charge in [0, 0.05) is 17.9 Å². The molecule has 0 saturated heterocycles. The second-order valence-corrected chi connectivity index (χ2v) is 5.04. The lowest BCUT2D eigenvalue weighted by Crippen LogP contribution is -2.00. The van der Waals surface area contributed by atoms with Gasteiger partial charge in [-0.25, -0.2) is 0 Å². The number of aliphatic hydroxyl groups excluding tert-OH is 1. The van der Waals surface area contributed by atoms with Crippen LogP contribution in [0.15, 0.2) is 67.1 Å². The monoisotopic (exact) mass is 263 g/mol. The van der Waals surface area contributed by atoms with Crippen LogP contribution in [0.25, 0.3) is 5.57 Å². The summed E-state index contributed by atoms with van der Waals surface area (Å²) in [6.45, 7) is 8.63. The van der Waals surface area contributed by atoms with Gasteiger partial charge in [-0.3, -0.25) is 0 Å². The summed E-state index contributed by atoms with van der Waals surface area (Å²) in [6.07, 6.45) is 0.888. The van der Waals surface area contributed by atoms with Crippen molar-refractivity contribution in [3.8, 4) is 0 Å². The number of aliphatic hydroxyl groups is 1. The van der Waals surface area contributed by atoms with Crippen molar-refractivity contribution < 1.29 is 5.11 Å². The molecule has 0 aliphatic carbocycles. The van der Waals surface area contributed by atoms with Gasteiger partial charge in [-0.1, -0.05) is 49.2 Å². The Morgan fingerprint density at radius 1 is 1.20 bits per heavy atom. The van der Waals surface area contributed by atoms with Crippen molar-refractivity contribution in [1.29, 1.82) is 0 Å². The Hall–Kier alpha value is -2.44. The van der Waals surface area contributed by atoms with Crippen molar-refractivity contribution in [2.75, 3.05) is 0 Å². The Labute approximate surface area is 119 Å². The van der Waals surface area contributed by atoms with Gasteiger partial charge in [-0.2, -0.15) is 0 Å². The fourth-order valence-corrected chi connectivity index (χ4v) is 2.89. The minimum absolute atomic E-state index is 0.0184. The van der Waals surface area contributed by atoms with Gasteiger partial charge in [0.1, 0.15) is 5.76 Å². The van der Waals surface area contributed by atoms with Crippen molar-refractivity contribution in [1.82, 2.24) is 4.57 Å². The molecule has 2 aromatic rings. The molecule has 3 rings (SSSR count). The minimum atomic E-state index is 0.0184. The van der Waals surface area contributed by atoms with Crippen molar-refractivity contribution in [3.05, 3.63) is 84.1 Å². The minimum Gasteiger partial charge on any atom is -0.504 e. The van der Waals surface area contributed by atoms with Gasteiger partial charge < -0.3 is 9.67 Å². The van der Waals surface area contributed by atoms with Crippen molar-refractivity contribution in [2.45, 2.75) is 18.9 Å². The van der Waals surface area contributed by atoms with E-state index in [4.69, 9.17) is 0 Å². The zero-order valence-corrected chi connectivity index (χ0v) is 11.3. The van der Waals surface area contributed by atoms with E-state index in [1.54, 1.807) is 0 Å². The van der Waals surface area contributed by atoms with Crippen LogP contribution in [0.2, 0.25) is 0 Å². The molecule has 1 aliphatic rings. The standard InChI is InChI=1S/C18H17NO/c1-3-18(20)15-11-12-19-16(9-10-17(15)19)13(2)14-7-5-4-6-8-14/h4-10,15,20H,1-2,11-12H2. The first kappa shape index (κ1) is 12.6. The van der Waals surface area contributed by atoms with Crippen LogP contribution in [0.1, 0.15) is 29.3 Å². The first-order chi connectivity index (χ1) is 9.72. The molecule has 100 valence electrons. The van der Waals surface area contributed by atoms with Crippen LogP contribution in [0, 0.1) is 0 Å². The van der Waals surface area contributed by atoms with Gasteiger partial charge in [0.05, 0.1) is 5.92 Å². The van der Waals surface area contributed by atoms with E-state index in [2.05, 4.69) is 47.7 Å². The molecule has 0 saturated carbocycles. The van der Waals surface area contributed by atoms with E-state index >= 15 is 0 Å². The topological polar surface area (TPSA) is 25.2 Å². The lowest BCUT2D eigenvalue weighted by molar-refractivity contribution is 0.368. The van der Waals surface area contributed by atoms with Crippen LogP contribution < -0.4 is 0 Å². The van der Waals surface area contributed by atoms with E-state index in [-0.39, 0.29) is 11.7 Å². The van der Waals surface area contributed by atoms with E-state index in [1.165, 1.54) is 0 Å². The van der Waals surface area contributed by atoms with E-state index in [0.29, 0.717) is 0 Å². The number of allylic oxidation sites excluding steroid dienone is 1. The van der Waals surface area contributed by atoms with Gasteiger partial charge >= 0.3 is 0 Å². The second-order valence-electron chi connectivity index (χ2n) is 5.04. The average Bonchev–Trinajstić information content (AvgIpc) is 3.08. The second kappa shape index (κ2) is 4.92. The highest BCUT2D eigenvalue weighted by molar-refractivity contribution is 5.77. The third kappa shape index (κ3) is 1.91. The Balaban J connectivity index is 1.99. The molecule has 1 aliphatic heterocycles. The highest BCUT2D eigenvalue weighted by atomic mass is 16.3. The molecule has 1 unspecified atom stereocenters. The molecular weight excluding hydrogens is 246 g/mol. The fraction of sp³-hybridized carbons (Fsp3) is 0.167. The number of fused-ring (bicyclic) bond motifs is 1. The summed E-state index contributed by atoms with van der Waals surface area (Å²) in [5.41, 5.74) is 6.98. The summed E-state index contributed by atoms with van der Waals surface area (Å²) in [7, 11) is 0. The predicted molar refractivity (Wildman–Crippen MR) is 81.6 cm³/mol. The van der Waals surface area contributed by atoms with Crippen LogP contribution in [-0.4, -0.2) is 9.67 Å². The quantitative estimate of drug-likeness (QED) is 0.649.